The van der Waals surface area contributed by atoms with Crippen LogP contribution in [0.2, 0.25) is 0 Å². The molecule has 1 aromatic rings. The molecule has 4 heterocycles. The molecular formula is C20H29N7O2. The zero-order valence-corrected chi connectivity index (χ0v) is 16.7. The third-order valence-electron chi connectivity index (χ3n) is 5.64. The first-order valence-electron chi connectivity index (χ1n) is 10.4. The first kappa shape index (κ1) is 19.8. The van der Waals surface area contributed by atoms with Crippen LogP contribution in [0.5, 0.6) is 5.88 Å². The number of rotatable bonds is 7. The molecule has 4 rings (SSSR count). The standard InChI is InChI=1S/C20H29N7O2/c21-5-3-16(12-22)27-7-4-17-18(27)24-20(26-8-10-28-11-9-26)25-19(17)29-14-15-2-1-6-23-13-15/h3,5,12,15,21-23H,1-2,4,6-11,13-14H2/b16-3+,21-5?,22-12?. The third kappa shape index (κ3) is 4.40. The highest BCUT2D eigenvalue weighted by Crippen LogP contribution is 2.36. The van der Waals surface area contributed by atoms with Crippen molar-refractivity contribution in [1.82, 2.24) is 15.3 Å². The summed E-state index contributed by atoms with van der Waals surface area (Å²) in [6.07, 6.45) is 7.20. The molecule has 3 aliphatic heterocycles. The summed E-state index contributed by atoms with van der Waals surface area (Å²) in [6.45, 7) is 6.23. The van der Waals surface area contributed by atoms with Gasteiger partial charge in [-0.2, -0.15) is 9.97 Å². The van der Waals surface area contributed by atoms with E-state index in [9.17, 15) is 0 Å². The van der Waals surface area contributed by atoms with Crippen molar-refractivity contribution in [2.45, 2.75) is 19.3 Å². The van der Waals surface area contributed by atoms with Crippen LogP contribution >= 0.6 is 0 Å². The van der Waals surface area contributed by atoms with Crippen molar-refractivity contribution in [1.29, 1.82) is 10.8 Å². The lowest BCUT2D eigenvalue weighted by atomic mass is 10.0. The Morgan fingerprint density at radius 3 is 2.83 bits per heavy atom. The highest BCUT2D eigenvalue weighted by molar-refractivity contribution is 5.89. The summed E-state index contributed by atoms with van der Waals surface area (Å²) in [5.74, 6) is 2.59. The lowest BCUT2D eigenvalue weighted by molar-refractivity contribution is 0.122. The van der Waals surface area contributed by atoms with Crippen molar-refractivity contribution >= 4 is 24.2 Å². The molecule has 3 aliphatic rings. The first-order valence-corrected chi connectivity index (χ1v) is 10.4. The van der Waals surface area contributed by atoms with Crippen molar-refractivity contribution in [3.63, 3.8) is 0 Å². The Morgan fingerprint density at radius 2 is 2.10 bits per heavy atom. The van der Waals surface area contributed by atoms with Gasteiger partial charge in [0.2, 0.25) is 11.8 Å². The molecule has 0 amide bonds. The monoisotopic (exact) mass is 399 g/mol. The number of piperidine rings is 1. The number of hydrogen-bond acceptors (Lipinski definition) is 9. The highest BCUT2D eigenvalue weighted by Gasteiger charge is 2.30. The van der Waals surface area contributed by atoms with Crippen LogP contribution < -0.4 is 19.9 Å². The molecule has 0 bridgehead atoms. The highest BCUT2D eigenvalue weighted by atomic mass is 16.5. The number of allylic oxidation sites excluding steroid dienone is 2. The molecular weight excluding hydrogens is 370 g/mol. The van der Waals surface area contributed by atoms with E-state index in [1.807, 2.05) is 4.90 Å². The minimum absolute atomic E-state index is 0.494. The van der Waals surface area contributed by atoms with Gasteiger partial charge in [0, 0.05) is 44.5 Å². The van der Waals surface area contributed by atoms with Gasteiger partial charge in [0.25, 0.3) is 0 Å². The van der Waals surface area contributed by atoms with Crippen LogP contribution in [0, 0.1) is 16.7 Å². The Morgan fingerprint density at radius 1 is 1.24 bits per heavy atom. The molecule has 3 N–H and O–H groups in total. The number of hydrogen-bond donors (Lipinski definition) is 3. The van der Waals surface area contributed by atoms with E-state index in [-0.39, 0.29) is 0 Å². The van der Waals surface area contributed by atoms with Crippen LogP contribution in [-0.2, 0) is 11.2 Å². The minimum atomic E-state index is 0.494. The molecule has 1 atom stereocenters. The predicted molar refractivity (Wildman–Crippen MR) is 113 cm³/mol. The average molecular weight is 399 g/mol. The van der Waals surface area contributed by atoms with Crippen molar-refractivity contribution in [3.05, 3.63) is 17.3 Å². The fourth-order valence-electron chi connectivity index (χ4n) is 4.05. The molecule has 0 aliphatic carbocycles. The average Bonchev–Trinajstić information content (AvgIpc) is 3.21. The van der Waals surface area contributed by atoms with Crippen molar-refractivity contribution in [2.75, 3.05) is 62.3 Å². The maximum atomic E-state index is 7.74. The first-order chi connectivity index (χ1) is 14.3. The van der Waals surface area contributed by atoms with Crippen LogP contribution in [0.1, 0.15) is 18.4 Å². The van der Waals surface area contributed by atoms with Crippen LogP contribution in [-0.4, -0.2) is 74.9 Å². The fraction of sp³-hybridized carbons (Fsp3) is 0.600. The summed E-state index contributed by atoms with van der Waals surface area (Å²) in [4.78, 5) is 13.7. The maximum absolute atomic E-state index is 7.74. The molecule has 0 saturated carbocycles. The quantitative estimate of drug-likeness (QED) is 0.592. The van der Waals surface area contributed by atoms with Crippen LogP contribution in [0.25, 0.3) is 0 Å². The smallest absolute Gasteiger partial charge is 0.230 e. The van der Waals surface area contributed by atoms with Gasteiger partial charge < -0.3 is 35.4 Å². The molecule has 2 saturated heterocycles. The van der Waals surface area contributed by atoms with Crippen molar-refractivity contribution < 1.29 is 9.47 Å². The van der Waals surface area contributed by atoms with E-state index in [1.165, 1.54) is 25.3 Å². The number of morpholine rings is 1. The number of nitrogens with zero attached hydrogens (tertiary/aromatic N) is 4. The van der Waals surface area contributed by atoms with Gasteiger partial charge in [-0.05, 0) is 31.9 Å². The van der Waals surface area contributed by atoms with Gasteiger partial charge in [-0.15, -0.1) is 0 Å². The molecule has 1 aromatic heterocycles. The van der Waals surface area contributed by atoms with E-state index >= 15 is 0 Å². The van der Waals surface area contributed by atoms with Gasteiger partial charge in [-0.1, -0.05) is 0 Å². The third-order valence-corrected chi connectivity index (χ3v) is 5.64. The van der Waals surface area contributed by atoms with Gasteiger partial charge >= 0.3 is 0 Å². The van der Waals surface area contributed by atoms with Gasteiger partial charge in [-0.3, -0.25) is 0 Å². The molecule has 156 valence electrons. The Labute approximate surface area is 171 Å². The normalized spacial score (nSPS) is 22.3. The fourth-order valence-corrected chi connectivity index (χ4v) is 4.05. The lowest BCUT2D eigenvalue weighted by Crippen LogP contribution is -2.37. The van der Waals surface area contributed by atoms with E-state index in [4.69, 9.17) is 30.3 Å². The van der Waals surface area contributed by atoms with Crippen molar-refractivity contribution in [3.8, 4) is 5.88 Å². The summed E-state index contributed by atoms with van der Waals surface area (Å²) in [5, 5.41) is 18.6. The SMILES string of the molecule is N=C/C=C(\C=N)N1CCc2c(OCC3CCCNC3)nc(N3CCOCC3)nc21. The number of ether oxygens (including phenoxy) is 2. The lowest BCUT2D eigenvalue weighted by Gasteiger charge is -2.28. The van der Waals surface area contributed by atoms with Crippen LogP contribution in [0.3, 0.4) is 0 Å². The summed E-state index contributed by atoms with van der Waals surface area (Å²) >= 11 is 0. The van der Waals surface area contributed by atoms with Crippen molar-refractivity contribution in [2.24, 2.45) is 5.92 Å². The molecule has 29 heavy (non-hydrogen) atoms. The Kier molecular flexibility index (Phi) is 6.36. The molecule has 0 aromatic carbocycles. The Balaban J connectivity index is 1.64. The van der Waals surface area contributed by atoms with E-state index in [1.54, 1.807) is 6.08 Å². The van der Waals surface area contributed by atoms with Crippen LogP contribution in [0.4, 0.5) is 11.8 Å². The van der Waals surface area contributed by atoms with E-state index < -0.39 is 0 Å². The molecule has 2 fully saturated rings. The van der Waals surface area contributed by atoms with Gasteiger partial charge in [0.15, 0.2) is 0 Å². The Hall–Kier alpha value is -2.52. The summed E-state index contributed by atoms with van der Waals surface area (Å²) in [7, 11) is 0. The predicted octanol–water partition coefficient (Wildman–Crippen LogP) is 1.24. The number of anilines is 2. The molecule has 0 radical (unpaired) electrons. The van der Waals surface area contributed by atoms with Gasteiger partial charge in [0.1, 0.15) is 5.82 Å². The second kappa shape index (κ2) is 9.32. The van der Waals surface area contributed by atoms with Gasteiger partial charge in [0.05, 0.1) is 31.1 Å². The number of fused-ring (bicyclic) bond motifs is 1. The number of aromatic nitrogens is 2. The largest absolute Gasteiger partial charge is 0.477 e. The summed E-state index contributed by atoms with van der Waals surface area (Å²) in [6, 6.07) is 0. The molecule has 9 heteroatoms. The summed E-state index contributed by atoms with van der Waals surface area (Å²) < 4.78 is 11.7. The van der Waals surface area contributed by atoms with E-state index in [2.05, 4.69) is 10.2 Å². The molecule has 0 spiro atoms. The van der Waals surface area contributed by atoms with E-state index in [0.717, 1.165) is 44.0 Å². The zero-order chi connectivity index (χ0) is 20.1. The maximum Gasteiger partial charge on any atom is 0.230 e. The topological polar surface area (TPSA) is 110 Å². The zero-order valence-electron chi connectivity index (χ0n) is 16.7. The minimum Gasteiger partial charge on any atom is -0.477 e. The van der Waals surface area contributed by atoms with Gasteiger partial charge in [-0.25, -0.2) is 0 Å². The summed E-state index contributed by atoms with van der Waals surface area (Å²) in [5.41, 5.74) is 1.64. The van der Waals surface area contributed by atoms with Crippen LogP contribution in [0.15, 0.2) is 11.8 Å². The number of nitrogens with one attached hydrogen (secondary N) is 3. The molecule has 9 nitrogen and oxygen atoms in total. The Bertz CT molecular complexity index is 770. The molecule has 1 unspecified atom stereocenters. The second-order valence-electron chi connectivity index (χ2n) is 7.56. The van der Waals surface area contributed by atoms with E-state index in [0.29, 0.717) is 49.8 Å². The second-order valence-corrected chi connectivity index (χ2v) is 7.56.